The monoisotopic (exact) mass is 319 g/mol. The van der Waals surface area contributed by atoms with Crippen LogP contribution in [0, 0.1) is 5.92 Å². The number of ether oxygens (including phenoxy) is 1. The Morgan fingerprint density at radius 1 is 1.43 bits per heavy atom. The van der Waals surface area contributed by atoms with Crippen LogP contribution in [0.4, 0.5) is 5.82 Å². The molecule has 0 bridgehead atoms. The molecular weight excluding hydrogens is 290 g/mol. The molecule has 1 fully saturated rings. The minimum atomic E-state index is 0.597. The zero-order valence-electron chi connectivity index (χ0n) is 14.7. The first-order chi connectivity index (χ1) is 11.1. The third kappa shape index (κ3) is 5.10. The van der Waals surface area contributed by atoms with Gasteiger partial charge in [0.05, 0.1) is 13.2 Å². The molecule has 0 radical (unpaired) electrons. The van der Waals surface area contributed by atoms with Gasteiger partial charge in [-0.25, -0.2) is 9.98 Å². The van der Waals surface area contributed by atoms with E-state index in [1.165, 1.54) is 0 Å². The van der Waals surface area contributed by atoms with Crippen LogP contribution < -0.4 is 10.2 Å². The Labute approximate surface area is 139 Å². The van der Waals surface area contributed by atoms with Crippen LogP contribution in [-0.2, 0) is 11.3 Å². The largest absolute Gasteiger partial charge is 0.381 e. The van der Waals surface area contributed by atoms with E-state index in [2.05, 4.69) is 35.2 Å². The normalized spacial score (nSPS) is 18.1. The summed E-state index contributed by atoms with van der Waals surface area (Å²) in [4.78, 5) is 13.5. The standard InChI is InChI=1S/C17H29N5O/c1-5-18-17(22(4)12-14-8-10-23-13-14)20-11-15-7-6-9-19-16(15)21(2)3/h6-7,9,14H,5,8,10-13H2,1-4H3,(H,18,20). The Bertz CT molecular complexity index is 511. The lowest BCUT2D eigenvalue weighted by atomic mass is 10.1. The molecule has 0 saturated carbocycles. The van der Waals surface area contributed by atoms with Crippen molar-refractivity contribution in [3.63, 3.8) is 0 Å². The number of pyridine rings is 1. The highest BCUT2D eigenvalue weighted by molar-refractivity contribution is 5.79. The van der Waals surface area contributed by atoms with Gasteiger partial charge in [-0.1, -0.05) is 6.07 Å². The second-order valence-corrected chi connectivity index (χ2v) is 6.16. The van der Waals surface area contributed by atoms with Gasteiger partial charge in [-0.3, -0.25) is 0 Å². The summed E-state index contributed by atoms with van der Waals surface area (Å²) in [7, 11) is 6.11. The quantitative estimate of drug-likeness (QED) is 0.637. The average molecular weight is 319 g/mol. The Balaban J connectivity index is 2.05. The van der Waals surface area contributed by atoms with Crippen molar-refractivity contribution in [1.82, 2.24) is 15.2 Å². The van der Waals surface area contributed by atoms with E-state index < -0.39 is 0 Å². The van der Waals surface area contributed by atoms with Crippen molar-refractivity contribution in [2.75, 3.05) is 52.3 Å². The third-order valence-electron chi connectivity index (χ3n) is 3.94. The van der Waals surface area contributed by atoms with Crippen molar-refractivity contribution in [3.05, 3.63) is 23.9 Å². The summed E-state index contributed by atoms with van der Waals surface area (Å²) in [6, 6.07) is 4.05. The van der Waals surface area contributed by atoms with E-state index in [0.717, 1.165) is 50.1 Å². The smallest absolute Gasteiger partial charge is 0.193 e. The van der Waals surface area contributed by atoms with Gasteiger partial charge in [0, 0.05) is 58.5 Å². The summed E-state index contributed by atoms with van der Waals surface area (Å²) in [6.45, 7) is 6.29. The second kappa shape index (κ2) is 8.72. The predicted molar refractivity (Wildman–Crippen MR) is 94.9 cm³/mol. The first-order valence-corrected chi connectivity index (χ1v) is 8.30. The Kier molecular flexibility index (Phi) is 6.65. The van der Waals surface area contributed by atoms with Crippen molar-refractivity contribution >= 4 is 11.8 Å². The summed E-state index contributed by atoms with van der Waals surface area (Å²) in [6.07, 6.45) is 2.96. The summed E-state index contributed by atoms with van der Waals surface area (Å²) in [5.41, 5.74) is 1.13. The minimum Gasteiger partial charge on any atom is -0.381 e. The van der Waals surface area contributed by atoms with Gasteiger partial charge in [0.2, 0.25) is 0 Å². The maximum absolute atomic E-state index is 5.47. The van der Waals surface area contributed by atoms with Gasteiger partial charge in [0.25, 0.3) is 0 Å². The van der Waals surface area contributed by atoms with Gasteiger partial charge in [-0.15, -0.1) is 0 Å². The highest BCUT2D eigenvalue weighted by Crippen LogP contribution is 2.16. The molecule has 0 aliphatic carbocycles. The maximum atomic E-state index is 5.47. The highest BCUT2D eigenvalue weighted by Gasteiger charge is 2.19. The Morgan fingerprint density at radius 3 is 2.91 bits per heavy atom. The number of anilines is 1. The van der Waals surface area contributed by atoms with Crippen LogP contribution in [0.3, 0.4) is 0 Å². The maximum Gasteiger partial charge on any atom is 0.193 e. The van der Waals surface area contributed by atoms with Gasteiger partial charge in [-0.05, 0) is 19.4 Å². The summed E-state index contributed by atoms with van der Waals surface area (Å²) in [5, 5.41) is 3.38. The number of aliphatic imine (C=N–C) groups is 1. The molecule has 128 valence electrons. The first kappa shape index (κ1) is 17.5. The van der Waals surface area contributed by atoms with Crippen LogP contribution in [0.15, 0.2) is 23.3 Å². The Morgan fingerprint density at radius 2 is 2.26 bits per heavy atom. The minimum absolute atomic E-state index is 0.597. The molecule has 0 aromatic carbocycles. The molecule has 6 heteroatoms. The third-order valence-corrected chi connectivity index (χ3v) is 3.94. The number of nitrogens with one attached hydrogen (secondary N) is 1. The van der Waals surface area contributed by atoms with E-state index in [4.69, 9.17) is 9.73 Å². The summed E-state index contributed by atoms with van der Waals surface area (Å²) >= 11 is 0. The molecule has 6 nitrogen and oxygen atoms in total. The van der Waals surface area contributed by atoms with Crippen LogP contribution in [-0.4, -0.2) is 63.3 Å². The molecule has 2 rings (SSSR count). The van der Waals surface area contributed by atoms with E-state index in [0.29, 0.717) is 12.5 Å². The fourth-order valence-corrected chi connectivity index (χ4v) is 2.79. The van der Waals surface area contributed by atoms with Crippen molar-refractivity contribution in [2.24, 2.45) is 10.9 Å². The lowest BCUT2D eigenvalue weighted by molar-refractivity contribution is 0.181. The van der Waals surface area contributed by atoms with Crippen LogP contribution in [0.25, 0.3) is 0 Å². The van der Waals surface area contributed by atoms with E-state index >= 15 is 0 Å². The molecule has 23 heavy (non-hydrogen) atoms. The highest BCUT2D eigenvalue weighted by atomic mass is 16.5. The molecule has 1 unspecified atom stereocenters. The van der Waals surface area contributed by atoms with Gasteiger partial charge in [0.15, 0.2) is 5.96 Å². The van der Waals surface area contributed by atoms with Gasteiger partial charge >= 0.3 is 0 Å². The first-order valence-electron chi connectivity index (χ1n) is 8.30. The van der Waals surface area contributed by atoms with E-state index in [1.54, 1.807) is 0 Å². The zero-order chi connectivity index (χ0) is 16.7. The molecule has 1 aromatic heterocycles. The van der Waals surface area contributed by atoms with E-state index in [-0.39, 0.29) is 0 Å². The number of aromatic nitrogens is 1. The molecule has 1 N–H and O–H groups in total. The topological polar surface area (TPSA) is 53.0 Å². The van der Waals surface area contributed by atoms with Gasteiger partial charge in [0.1, 0.15) is 5.82 Å². The molecule has 1 aliphatic rings. The van der Waals surface area contributed by atoms with E-state index in [1.807, 2.05) is 31.3 Å². The molecule has 2 heterocycles. The van der Waals surface area contributed by atoms with E-state index in [9.17, 15) is 0 Å². The van der Waals surface area contributed by atoms with Crippen LogP contribution in [0.2, 0.25) is 0 Å². The molecule has 1 atom stereocenters. The van der Waals surface area contributed by atoms with Gasteiger partial charge in [-0.2, -0.15) is 0 Å². The fourth-order valence-electron chi connectivity index (χ4n) is 2.79. The second-order valence-electron chi connectivity index (χ2n) is 6.16. The Hall–Kier alpha value is -1.82. The molecule has 1 saturated heterocycles. The lowest BCUT2D eigenvalue weighted by Gasteiger charge is -2.24. The number of rotatable bonds is 6. The van der Waals surface area contributed by atoms with Crippen molar-refractivity contribution in [1.29, 1.82) is 0 Å². The predicted octanol–water partition coefficient (Wildman–Crippen LogP) is 1.58. The number of hydrogen-bond acceptors (Lipinski definition) is 4. The van der Waals surface area contributed by atoms with Crippen molar-refractivity contribution in [3.8, 4) is 0 Å². The lowest BCUT2D eigenvalue weighted by Crippen LogP contribution is -2.41. The molecule has 0 spiro atoms. The summed E-state index contributed by atoms with van der Waals surface area (Å²) in [5.74, 6) is 2.51. The fraction of sp³-hybridized carbons (Fsp3) is 0.647. The zero-order valence-corrected chi connectivity index (χ0v) is 14.7. The van der Waals surface area contributed by atoms with Crippen molar-refractivity contribution in [2.45, 2.75) is 19.9 Å². The molecule has 1 aliphatic heterocycles. The number of guanidine groups is 1. The van der Waals surface area contributed by atoms with Crippen LogP contribution in [0.5, 0.6) is 0 Å². The number of nitrogens with zero attached hydrogens (tertiary/aromatic N) is 4. The summed E-state index contributed by atoms with van der Waals surface area (Å²) < 4.78 is 5.47. The van der Waals surface area contributed by atoms with Crippen LogP contribution >= 0.6 is 0 Å². The molecule has 0 amide bonds. The molecule has 1 aromatic rings. The van der Waals surface area contributed by atoms with Crippen LogP contribution in [0.1, 0.15) is 18.9 Å². The average Bonchev–Trinajstić information content (AvgIpc) is 3.04. The number of hydrogen-bond donors (Lipinski definition) is 1. The van der Waals surface area contributed by atoms with Gasteiger partial charge < -0.3 is 19.9 Å². The SMILES string of the molecule is CCNC(=NCc1cccnc1N(C)C)N(C)CC1CCOC1. The van der Waals surface area contributed by atoms with Crippen molar-refractivity contribution < 1.29 is 4.74 Å². The molecular formula is C17H29N5O.